The van der Waals surface area contributed by atoms with E-state index in [-0.39, 0.29) is 5.78 Å². The van der Waals surface area contributed by atoms with Gasteiger partial charge in [-0.1, -0.05) is 42.5 Å². The number of allylic oxidation sites excluding steroid dienone is 1. The van der Waals surface area contributed by atoms with Crippen LogP contribution in [0.2, 0.25) is 0 Å². The number of hydrogen-bond acceptors (Lipinski definition) is 3. The molecule has 0 saturated carbocycles. The van der Waals surface area contributed by atoms with Gasteiger partial charge in [0.05, 0.1) is 5.52 Å². The summed E-state index contributed by atoms with van der Waals surface area (Å²) in [7, 11) is 0. The Labute approximate surface area is 128 Å². The molecule has 0 unspecified atom stereocenters. The van der Waals surface area contributed by atoms with E-state index in [2.05, 4.69) is 10.2 Å². The van der Waals surface area contributed by atoms with Gasteiger partial charge in [0.15, 0.2) is 11.6 Å². The lowest BCUT2D eigenvalue weighted by Crippen LogP contribution is -1.95. The van der Waals surface area contributed by atoms with E-state index in [1.807, 2.05) is 54.6 Å². The zero-order chi connectivity index (χ0) is 15.4. The maximum absolute atomic E-state index is 11.9. The van der Waals surface area contributed by atoms with Crippen molar-refractivity contribution in [3.8, 4) is 0 Å². The van der Waals surface area contributed by atoms with Gasteiger partial charge in [-0.15, -0.1) is 0 Å². The molecule has 2 aromatic carbocycles. The zero-order valence-electron chi connectivity index (χ0n) is 12.1. The van der Waals surface area contributed by atoms with Crippen molar-refractivity contribution in [2.45, 2.75) is 12.8 Å². The van der Waals surface area contributed by atoms with Gasteiger partial charge in [0, 0.05) is 11.8 Å². The molecule has 0 atom stereocenters. The molecule has 3 N–H and O–H groups in total. The summed E-state index contributed by atoms with van der Waals surface area (Å²) in [5, 5.41) is 7.68. The number of aromatic amines is 1. The van der Waals surface area contributed by atoms with E-state index >= 15 is 0 Å². The van der Waals surface area contributed by atoms with E-state index in [4.69, 9.17) is 5.73 Å². The number of H-pyrrole nitrogens is 1. The summed E-state index contributed by atoms with van der Waals surface area (Å²) in [5.41, 5.74) is 8.79. The SMILES string of the molecule is Nc1n[nH]c2ccc(/C=C/C(=O)CCc3ccccc3)cc12. The Kier molecular flexibility index (Phi) is 4.01. The largest absolute Gasteiger partial charge is 0.382 e. The van der Waals surface area contributed by atoms with E-state index in [9.17, 15) is 4.79 Å². The van der Waals surface area contributed by atoms with Crippen LogP contribution in [-0.4, -0.2) is 16.0 Å². The Balaban J connectivity index is 1.64. The molecule has 110 valence electrons. The van der Waals surface area contributed by atoms with Gasteiger partial charge >= 0.3 is 0 Å². The standard InChI is InChI=1S/C18H17N3O/c19-18-16-12-14(8-11-17(16)20-21-18)7-10-15(22)9-6-13-4-2-1-3-5-13/h1-5,7-8,10-12H,6,9H2,(H3,19,20,21)/b10-7+. The fraction of sp³-hybridized carbons (Fsp3) is 0.111. The van der Waals surface area contributed by atoms with Gasteiger partial charge in [-0.25, -0.2) is 0 Å². The summed E-state index contributed by atoms with van der Waals surface area (Å²) in [4.78, 5) is 11.9. The number of nitrogens with two attached hydrogens (primary N) is 1. The normalized spacial score (nSPS) is 11.3. The molecule has 1 heterocycles. The maximum Gasteiger partial charge on any atom is 0.156 e. The predicted octanol–water partition coefficient (Wildman–Crippen LogP) is 3.36. The smallest absolute Gasteiger partial charge is 0.156 e. The zero-order valence-corrected chi connectivity index (χ0v) is 12.1. The fourth-order valence-electron chi connectivity index (χ4n) is 2.34. The summed E-state index contributed by atoms with van der Waals surface area (Å²) in [6.07, 6.45) is 4.72. The molecular formula is C18H17N3O. The van der Waals surface area contributed by atoms with Gasteiger partial charge in [0.2, 0.25) is 0 Å². The number of anilines is 1. The number of benzene rings is 2. The molecule has 0 saturated heterocycles. The third-order valence-electron chi connectivity index (χ3n) is 3.58. The van der Waals surface area contributed by atoms with E-state index in [0.717, 1.165) is 22.9 Å². The lowest BCUT2D eigenvalue weighted by atomic mass is 10.1. The first kappa shape index (κ1) is 14.1. The third kappa shape index (κ3) is 3.23. The second-order valence-corrected chi connectivity index (χ2v) is 5.20. The molecule has 0 spiro atoms. The Morgan fingerprint density at radius 1 is 1.18 bits per heavy atom. The molecule has 0 amide bonds. The number of carbonyl (C=O) groups is 1. The van der Waals surface area contributed by atoms with Crippen molar-refractivity contribution in [3.05, 3.63) is 65.7 Å². The number of aryl methyl sites for hydroxylation is 1. The Hall–Kier alpha value is -2.88. The van der Waals surface area contributed by atoms with Crippen LogP contribution in [0.15, 0.2) is 54.6 Å². The number of nitrogens with one attached hydrogen (secondary N) is 1. The van der Waals surface area contributed by atoms with Crippen LogP contribution in [0.1, 0.15) is 17.5 Å². The number of carbonyl (C=O) groups excluding carboxylic acids is 1. The highest BCUT2D eigenvalue weighted by Crippen LogP contribution is 2.19. The van der Waals surface area contributed by atoms with Crippen molar-refractivity contribution in [2.75, 3.05) is 5.73 Å². The summed E-state index contributed by atoms with van der Waals surface area (Å²) in [6.45, 7) is 0. The molecule has 4 nitrogen and oxygen atoms in total. The molecule has 3 aromatic rings. The van der Waals surface area contributed by atoms with Crippen molar-refractivity contribution in [1.82, 2.24) is 10.2 Å². The average Bonchev–Trinajstić information content (AvgIpc) is 2.93. The van der Waals surface area contributed by atoms with E-state index < -0.39 is 0 Å². The molecule has 0 fully saturated rings. The fourth-order valence-corrected chi connectivity index (χ4v) is 2.34. The molecule has 1 aromatic heterocycles. The van der Waals surface area contributed by atoms with Crippen LogP contribution >= 0.6 is 0 Å². The first-order valence-electron chi connectivity index (χ1n) is 7.21. The first-order chi connectivity index (χ1) is 10.7. The van der Waals surface area contributed by atoms with Crippen LogP contribution < -0.4 is 5.73 Å². The minimum atomic E-state index is 0.115. The topological polar surface area (TPSA) is 71.8 Å². The van der Waals surface area contributed by atoms with Gasteiger partial charge in [-0.2, -0.15) is 5.10 Å². The molecule has 0 aliphatic carbocycles. The van der Waals surface area contributed by atoms with Crippen molar-refractivity contribution in [2.24, 2.45) is 0 Å². The lowest BCUT2D eigenvalue weighted by Gasteiger charge is -1.98. The number of nitrogens with zero attached hydrogens (tertiary/aromatic N) is 1. The van der Waals surface area contributed by atoms with Crippen LogP contribution in [-0.2, 0) is 11.2 Å². The van der Waals surface area contributed by atoms with Gasteiger partial charge in [-0.05, 0) is 35.8 Å². The second kappa shape index (κ2) is 6.26. The summed E-state index contributed by atoms with van der Waals surface area (Å²) < 4.78 is 0. The van der Waals surface area contributed by atoms with Crippen LogP contribution in [0.3, 0.4) is 0 Å². The molecule has 0 aliphatic rings. The van der Waals surface area contributed by atoms with Gasteiger partial charge in [0.25, 0.3) is 0 Å². The van der Waals surface area contributed by atoms with Crippen LogP contribution in [0.5, 0.6) is 0 Å². The van der Waals surface area contributed by atoms with E-state index in [1.165, 1.54) is 5.56 Å². The van der Waals surface area contributed by atoms with E-state index in [0.29, 0.717) is 12.2 Å². The van der Waals surface area contributed by atoms with Crippen molar-refractivity contribution >= 4 is 28.6 Å². The Morgan fingerprint density at radius 2 is 2.00 bits per heavy atom. The Morgan fingerprint density at radius 3 is 2.82 bits per heavy atom. The molecule has 3 rings (SSSR count). The van der Waals surface area contributed by atoms with Crippen LogP contribution in [0.4, 0.5) is 5.82 Å². The monoisotopic (exact) mass is 291 g/mol. The Bertz CT molecular complexity index is 819. The van der Waals surface area contributed by atoms with Crippen molar-refractivity contribution in [3.63, 3.8) is 0 Å². The number of rotatable bonds is 5. The van der Waals surface area contributed by atoms with E-state index in [1.54, 1.807) is 6.08 Å². The second-order valence-electron chi connectivity index (χ2n) is 5.20. The molecule has 0 radical (unpaired) electrons. The van der Waals surface area contributed by atoms with Crippen LogP contribution in [0, 0.1) is 0 Å². The highest BCUT2D eigenvalue weighted by Gasteiger charge is 2.02. The van der Waals surface area contributed by atoms with Gasteiger partial charge < -0.3 is 5.73 Å². The summed E-state index contributed by atoms with van der Waals surface area (Å²) in [5.74, 6) is 0.588. The minimum absolute atomic E-state index is 0.115. The molecule has 0 bridgehead atoms. The van der Waals surface area contributed by atoms with Gasteiger partial charge in [-0.3, -0.25) is 9.89 Å². The molecule has 0 aliphatic heterocycles. The predicted molar refractivity (Wildman–Crippen MR) is 89.3 cm³/mol. The first-order valence-corrected chi connectivity index (χ1v) is 7.21. The number of hydrogen-bond donors (Lipinski definition) is 2. The number of ketones is 1. The number of nitrogen functional groups attached to an aromatic ring is 1. The van der Waals surface area contributed by atoms with Crippen molar-refractivity contribution in [1.29, 1.82) is 0 Å². The van der Waals surface area contributed by atoms with Gasteiger partial charge in [0.1, 0.15) is 0 Å². The lowest BCUT2D eigenvalue weighted by molar-refractivity contribution is -0.114. The summed E-state index contributed by atoms with van der Waals surface area (Å²) in [6, 6.07) is 15.8. The highest BCUT2D eigenvalue weighted by atomic mass is 16.1. The quantitative estimate of drug-likeness (QED) is 0.708. The highest BCUT2D eigenvalue weighted by molar-refractivity contribution is 5.95. The maximum atomic E-state index is 11.9. The van der Waals surface area contributed by atoms with Crippen molar-refractivity contribution < 1.29 is 4.79 Å². The number of aromatic nitrogens is 2. The molecular weight excluding hydrogens is 274 g/mol. The number of fused-ring (bicyclic) bond motifs is 1. The minimum Gasteiger partial charge on any atom is -0.382 e. The van der Waals surface area contributed by atoms with Crippen LogP contribution in [0.25, 0.3) is 17.0 Å². The third-order valence-corrected chi connectivity index (χ3v) is 3.58. The molecule has 4 heteroatoms. The molecule has 22 heavy (non-hydrogen) atoms. The average molecular weight is 291 g/mol. The summed E-state index contributed by atoms with van der Waals surface area (Å²) >= 11 is 0.